The molecule has 146 valence electrons. The number of aliphatic hydroxyl groups excluding tert-OH is 1. The summed E-state index contributed by atoms with van der Waals surface area (Å²) in [5.41, 5.74) is 0. The summed E-state index contributed by atoms with van der Waals surface area (Å²) in [7, 11) is -4.22. The highest BCUT2D eigenvalue weighted by molar-refractivity contribution is 7.86. The maximum atomic E-state index is 11.5. The monoisotopic (exact) mass is 368 g/mol. The number of aliphatic hydroxyl groups is 1. The smallest absolute Gasteiger partial charge is 0.270 e. The molecule has 0 aliphatic carbocycles. The number of rotatable bonds is 17. The van der Waals surface area contributed by atoms with Crippen LogP contribution in [0.1, 0.15) is 90.4 Å². The van der Waals surface area contributed by atoms with Crippen LogP contribution in [0.3, 0.4) is 0 Å². The van der Waals surface area contributed by atoms with E-state index in [2.05, 4.69) is 11.8 Å². The minimum Gasteiger partial charge on any atom is -0.392 e. The minimum atomic E-state index is -4.22. The van der Waals surface area contributed by atoms with Gasteiger partial charge in [0.15, 0.2) is 0 Å². The van der Waals surface area contributed by atoms with Gasteiger partial charge in [0, 0.05) is 0 Å². The van der Waals surface area contributed by atoms with Crippen LogP contribution in [0.5, 0.6) is 0 Å². The summed E-state index contributed by atoms with van der Waals surface area (Å²) in [5, 5.41) is 17.3. The van der Waals surface area contributed by atoms with Gasteiger partial charge in [-0.25, -0.2) is 4.89 Å². The van der Waals surface area contributed by atoms with E-state index < -0.39 is 21.5 Å². The zero-order valence-corrected chi connectivity index (χ0v) is 15.8. The zero-order chi connectivity index (χ0) is 18.3. The lowest BCUT2D eigenvalue weighted by molar-refractivity contribution is -0.242. The van der Waals surface area contributed by atoms with Crippen molar-refractivity contribution in [2.24, 2.45) is 0 Å². The molecule has 24 heavy (non-hydrogen) atoms. The van der Waals surface area contributed by atoms with E-state index in [-0.39, 0.29) is 6.42 Å². The van der Waals surface area contributed by atoms with Gasteiger partial charge >= 0.3 is 0 Å². The summed E-state index contributed by atoms with van der Waals surface area (Å²) in [4.78, 5) is 3.99. The largest absolute Gasteiger partial charge is 0.392 e. The maximum absolute atomic E-state index is 11.5. The lowest BCUT2D eigenvalue weighted by Gasteiger charge is -2.20. The van der Waals surface area contributed by atoms with Crippen LogP contribution in [-0.4, -0.2) is 41.3 Å². The molecular weight excluding hydrogens is 332 g/mol. The molecule has 3 N–H and O–H groups in total. The molecule has 7 heteroatoms. The van der Waals surface area contributed by atoms with Crippen LogP contribution >= 0.6 is 0 Å². The predicted molar refractivity (Wildman–Crippen MR) is 95.6 cm³/mol. The fourth-order valence-electron chi connectivity index (χ4n) is 2.90. The quantitative estimate of drug-likeness (QED) is 0.154. The Bertz CT molecular complexity index is 371. The van der Waals surface area contributed by atoms with Gasteiger partial charge in [-0.05, 0) is 19.3 Å². The summed E-state index contributed by atoms with van der Waals surface area (Å²) in [6, 6.07) is 0. The third kappa shape index (κ3) is 13.1. The summed E-state index contributed by atoms with van der Waals surface area (Å²) in [6.45, 7) is 2.46. The Morgan fingerprint density at radius 3 is 1.88 bits per heavy atom. The van der Waals surface area contributed by atoms with Crippen LogP contribution < -0.4 is 0 Å². The van der Waals surface area contributed by atoms with Gasteiger partial charge in [0.05, 0.1) is 12.7 Å². The molecule has 0 aliphatic heterocycles. The first-order valence-electron chi connectivity index (χ1n) is 9.34. The van der Waals surface area contributed by atoms with Gasteiger partial charge in [-0.1, -0.05) is 71.1 Å². The fraction of sp³-hybridized carbons (Fsp3) is 1.00. The molecule has 2 unspecified atom stereocenters. The second-order valence-electron chi connectivity index (χ2n) is 6.57. The summed E-state index contributed by atoms with van der Waals surface area (Å²) >= 11 is 0. The van der Waals surface area contributed by atoms with Crippen molar-refractivity contribution in [3.05, 3.63) is 0 Å². The molecule has 0 amide bonds. The Balaban J connectivity index is 3.99. The standard InChI is InChI=1S/C17H36O6S/c1-2-3-4-5-7-10-13-16(18)17(24(20,21)22)14-11-8-6-9-12-15-23-19/h16-19H,2-15H2,1H3,(H,20,21,22). The van der Waals surface area contributed by atoms with Crippen molar-refractivity contribution >= 4 is 10.1 Å². The number of hydrogen-bond donors (Lipinski definition) is 3. The average molecular weight is 369 g/mol. The van der Waals surface area contributed by atoms with E-state index in [1.54, 1.807) is 0 Å². The highest BCUT2D eigenvalue weighted by atomic mass is 32.2. The molecule has 6 nitrogen and oxygen atoms in total. The van der Waals surface area contributed by atoms with Crippen molar-refractivity contribution in [2.45, 2.75) is 102 Å². The van der Waals surface area contributed by atoms with Crippen molar-refractivity contribution in [3.8, 4) is 0 Å². The van der Waals surface area contributed by atoms with E-state index in [1.165, 1.54) is 19.3 Å². The van der Waals surface area contributed by atoms with Crippen LogP contribution in [0.4, 0.5) is 0 Å². The molecule has 0 saturated heterocycles. The Morgan fingerprint density at radius 1 is 0.833 bits per heavy atom. The van der Waals surface area contributed by atoms with Crippen LogP contribution in [0.2, 0.25) is 0 Å². The molecule has 0 aliphatic rings. The minimum absolute atomic E-state index is 0.284. The molecule has 0 spiro atoms. The van der Waals surface area contributed by atoms with Crippen LogP contribution in [0, 0.1) is 0 Å². The second kappa shape index (κ2) is 15.1. The van der Waals surface area contributed by atoms with Crippen LogP contribution in [0.25, 0.3) is 0 Å². The number of hydrogen-bond acceptors (Lipinski definition) is 5. The SMILES string of the molecule is CCCCCCCCC(O)C(CCCCCCCOO)S(=O)(=O)O. The van der Waals surface area contributed by atoms with E-state index in [4.69, 9.17) is 5.26 Å². The maximum Gasteiger partial charge on any atom is 0.270 e. The Hall–Kier alpha value is -0.210. The lowest BCUT2D eigenvalue weighted by atomic mass is 10.0. The summed E-state index contributed by atoms with van der Waals surface area (Å²) in [5.74, 6) is 0. The molecule has 0 aromatic rings. The van der Waals surface area contributed by atoms with Gasteiger partial charge < -0.3 is 5.11 Å². The van der Waals surface area contributed by atoms with Crippen molar-refractivity contribution in [2.75, 3.05) is 6.61 Å². The lowest BCUT2D eigenvalue weighted by Crippen LogP contribution is -2.33. The van der Waals surface area contributed by atoms with Crippen LogP contribution in [0.15, 0.2) is 0 Å². The summed E-state index contributed by atoms with van der Waals surface area (Å²) < 4.78 is 32.4. The molecule has 0 rings (SSSR count). The van der Waals surface area contributed by atoms with Gasteiger partial charge in [0.1, 0.15) is 5.25 Å². The number of unbranched alkanes of at least 4 members (excludes halogenated alkanes) is 9. The first-order valence-corrected chi connectivity index (χ1v) is 10.8. The molecule has 0 radical (unpaired) electrons. The van der Waals surface area contributed by atoms with Crippen molar-refractivity contribution in [3.63, 3.8) is 0 Å². The third-order valence-electron chi connectivity index (χ3n) is 4.39. The van der Waals surface area contributed by atoms with Gasteiger partial charge in [0.25, 0.3) is 10.1 Å². The topological polar surface area (TPSA) is 104 Å². The second-order valence-corrected chi connectivity index (χ2v) is 8.20. The van der Waals surface area contributed by atoms with E-state index in [0.717, 1.165) is 44.9 Å². The normalized spacial score (nSPS) is 14.7. The molecule has 0 aromatic carbocycles. The van der Waals surface area contributed by atoms with E-state index in [0.29, 0.717) is 19.4 Å². The molecule has 0 heterocycles. The first kappa shape index (κ1) is 23.8. The molecule has 0 aromatic heterocycles. The van der Waals surface area contributed by atoms with Gasteiger partial charge in [-0.2, -0.15) is 8.42 Å². The van der Waals surface area contributed by atoms with E-state index in [9.17, 15) is 18.1 Å². The molecule has 0 fully saturated rings. The van der Waals surface area contributed by atoms with Crippen molar-refractivity contribution in [1.82, 2.24) is 0 Å². The first-order chi connectivity index (χ1) is 11.4. The van der Waals surface area contributed by atoms with Crippen molar-refractivity contribution < 1.29 is 28.2 Å². The Morgan fingerprint density at radius 2 is 1.33 bits per heavy atom. The van der Waals surface area contributed by atoms with E-state index in [1.807, 2.05) is 0 Å². The molecule has 2 atom stereocenters. The Labute approximate surface area is 147 Å². The average Bonchev–Trinajstić information content (AvgIpc) is 2.52. The van der Waals surface area contributed by atoms with E-state index >= 15 is 0 Å². The van der Waals surface area contributed by atoms with Gasteiger partial charge in [-0.3, -0.25) is 9.81 Å². The molecular formula is C17H36O6S. The highest BCUT2D eigenvalue weighted by Crippen LogP contribution is 2.19. The van der Waals surface area contributed by atoms with Gasteiger partial charge in [0.2, 0.25) is 0 Å². The Kier molecular flexibility index (Phi) is 14.9. The zero-order valence-electron chi connectivity index (χ0n) is 15.0. The fourth-order valence-corrected chi connectivity index (χ4v) is 3.90. The highest BCUT2D eigenvalue weighted by Gasteiger charge is 2.29. The molecule has 0 saturated carbocycles. The predicted octanol–water partition coefficient (Wildman–Crippen LogP) is 4.18. The molecule has 0 bridgehead atoms. The van der Waals surface area contributed by atoms with Crippen molar-refractivity contribution in [1.29, 1.82) is 0 Å². The summed E-state index contributed by atoms with van der Waals surface area (Å²) in [6.07, 6.45) is 10.2. The third-order valence-corrected chi connectivity index (χ3v) is 5.70. The van der Waals surface area contributed by atoms with Gasteiger partial charge in [-0.15, -0.1) is 0 Å². The van der Waals surface area contributed by atoms with Crippen LogP contribution in [-0.2, 0) is 15.0 Å².